The van der Waals surface area contributed by atoms with Crippen LogP contribution in [0, 0.1) is 0 Å². The molecule has 0 aliphatic heterocycles. The highest BCUT2D eigenvalue weighted by molar-refractivity contribution is 6.06. The highest BCUT2D eigenvalue weighted by Gasteiger charge is 2.26. The number of hydrogen-bond acceptors (Lipinski definition) is 5. The first-order chi connectivity index (χ1) is 26.1. The van der Waals surface area contributed by atoms with Crippen LogP contribution in [0.5, 0.6) is 0 Å². The van der Waals surface area contributed by atoms with E-state index in [9.17, 15) is 29.4 Å². The monoisotopic (exact) mass is 733 g/mol. The Morgan fingerprint density at radius 1 is 0.574 bits per heavy atom. The zero-order chi connectivity index (χ0) is 38.9. The maximum atomic E-state index is 13.6. The van der Waals surface area contributed by atoms with E-state index in [1.54, 1.807) is 12.1 Å². The summed E-state index contributed by atoms with van der Waals surface area (Å²) in [6, 6.07) is 30.3. The third-order valence-corrected chi connectivity index (χ3v) is 9.92. The Morgan fingerprint density at radius 2 is 0.963 bits per heavy atom. The van der Waals surface area contributed by atoms with E-state index in [1.165, 1.54) is 12.1 Å². The predicted octanol–water partition coefficient (Wildman–Crippen LogP) is 8.21. The third kappa shape index (κ3) is 11.9. The average molecular weight is 734 g/mol. The van der Waals surface area contributed by atoms with Crippen LogP contribution >= 0.6 is 0 Å². The van der Waals surface area contributed by atoms with Gasteiger partial charge in [-0.15, -0.1) is 0 Å². The number of carboxylic acids is 2. The smallest absolute Gasteiger partial charge is 0.336 e. The lowest BCUT2D eigenvalue weighted by atomic mass is 9.84. The Kier molecular flexibility index (Phi) is 16.5. The Bertz CT molecular complexity index is 1700. The Labute approximate surface area is 319 Å². The lowest BCUT2D eigenvalue weighted by Crippen LogP contribution is -2.32. The SMILES string of the molecule is CCCC(Cc1ccccc1)c1cccc(C(=O)O)c1C(=O)NCCCN(C)CCCNC(=O)c1c(C(=O)O)cccc1C(CCC)Cc1ccccc1. The van der Waals surface area contributed by atoms with Crippen molar-refractivity contribution in [2.24, 2.45) is 0 Å². The highest BCUT2D eigenvalue weighted by Crippen LogP contribution is 2.32. The number of carbonyl (C=O) groups is 4. The van der Waals surface area contributed by atoms with Gasteiger partial charge in [0.25, 0.3) is 11.8 Å². The fraction of sp³-hybridized carbons (Fsp3) is 0.378. The summed E-state index contributed by atoms with van der Waals surface area (Å²) in [4.78, 5) is 53.7. The van der Waals surface area contributed by atoms with Crippen LogP contribution in [0.15, 0.2) is 97.1 Å². The van der Waals surface area contributed by atoms with Crippen LogP contribution in [0.1, 0.15) is 128 Å². The van der Waals surface area contributed by atoms with E-state index in [1.807, 2.05) is 55.6 Å². The molecule has 0 saturated heterocycles. The van der Waals surface area contributed by atoms with Crippen molar-refractivity contribution < 1.29 is 29.4 Å². The summed E-state index contributed by atoms with van der Waals surface area (Å²) in [7, 11) is 1.97. The quantitative estimate of drug-likeness (QED) is 0.0598. The van der Waals surface area contributed by atoms with E-state index in [-0.39, 0.29) is 45.9 Å². The summed E-state index contributed by atoms with van der Waals surface area (Å²) in [5.74, 6) is -3.01. The fourth-order valence-corrected chi connectivity index (χ4v) is 7.30. The van der Waals surface area contributed by atoms with Crippen molar-refractivity contribution in [3.63, 3.8) is 0 Å². The van der Waals surface area contributed by atoms with Crippen LogP contribution in [-0.2, 0) is 12.8 Å². The maximum absolute atomic E-state index is 13.6. The van der Waals surface area contributed by atoms with Crippen molar-refractivity contribution in [3.8, 4) is 0 Å². The van der Waals surface area contributed by atoms with Gasteiger partial charge in [-0.2, -0.15) is 0 Å². The van der Waals surface area contributed by atoms with E-state index in [4.69, 9.17) is 0 Å². The predicted molar refractivity (Wildman–Crippen MR) is 214 cm³/mol. The van der Waals surface area contributed by atoms with Gasteiger partial charge < -0.3 is 25.7 Å². The van der Waals surface area contributed by atoms with Crippen molar-refractivity contribution in [3.05, 3.63) is 142 Å². The molecule has 4 aromatic carbocycles. The van der Waals surface area contributed by atoms with Crippen molar-refractivity contribution in [1.82, 2.24) is 15.5 Å². The normalized spacial score (nSPS) is 12.2. The summed E-state index contributed by atoms with van der Waals surface area (Å²) in [6.07, 6.45) is 6.17. The zero-order valence-electron chi connectivity index (χ0n) is 31.9. The first-order valence-corrected chi connectivity index (χ1v) is 19.2. The van der Waals surface area contributed by atoms with Gasteiger partial charge in [-0.3, -0.25) is 9.59 Å². The molecule has 9 heteroatoms. The van der Waals surface area contributed by atoms with Crippen LogP contribution in [0.4, 0.5) is 0 Å². The number of nitrogens with one attached hydrogen (secondary N) is 2. The minimum atomic E-state index is -1.13. The molecule has 2 atom stereocenters. The van der Waals surface area contributed by atoms with Gasteiger partial charge in [0.05, 0.1) is 22.3 Å². The van der Waals surface area contributed by atoms with Gasteiger partial charge >= 0.3 is 11.9 Å². The molecule has 286 valence electrons. The molecule has 4 rings (SSSR count). The van der Waals surface area contributed by atoms with Crippen molar-refractivity contribution in [2.45, 2.75) is 77.0 Å². The number of amides is 2. The minimum absolute atomic E-state index is 0.000303. The number of nitrogens with zero attached hydrogens (tertiary/aromatic N) is 1. The Hall–Kier alpha value is -5.28. The second-order valence-corrected chi connectivity index (χ2v) is 14.0. The largest absolute Gasteiger partial charge is 0.478 e. The van der Waals surface area contributed by atoms with Gasteiger partial charge in [0.1, 0.15) is 0 Å². The van der Waals surface area contributed by atoms with E-state index in [0.29, 0.717) is 51.9 Å². The van der Waals surface area contributed by atoms with E-state index >= 15 is 0 Å². The summed E-state index contributed by atoms with van der Waals surface area (Å²) >= 11 is 0. The first kappa shape index (κ1) is 41.5. The number of rotatable bonds is 22. The summed E-state index contributed by atoms with van der Waals surface area (Å²) in [5.41, 5.74) is 4.27. The van der Waals surface area contributed by atoms with Crippen molar-refractivity contribution >= 4 is 23.8 Å². The molecule has 2 amide bonds. The van der Waals surface area contributed by atoms with Crippen LogP contribution < -0.4 is 10.6 Å². The molecule has 0 aliphatic carbocycles. The van der Waals surface area contributed by atoms with Gasteiger partial charge in [-0.1, -0.05) is 112 Å². The van der Waals surface area contributed by atoms with Crippen molar-refractivity contribution in [1.29, 1.82) is 0 Å². The van der Waals surface area contributed by atoms with Gasteiger partial charge in [-0.25, -0.2) is 9.59 Å². The van der Waals surface area contributed by atoms with Gasteiger partial charge in [0, 0.05) is 13.1 Å². The van der Waals surface area contributed by atoms with Crippen LogP contribution in [-0.4, -0.2) is 72.1 Å². The highest BCUT2D eigenvalue weighted by atomic mass is 16.4. The third-order valence-electron chi connectivity index (χ3n) is 9.92. The molecule has 0 bridgehead atoms. The second-order valence-electron chi connectivity index (χ2n) is 14.0. The fourth-order valence-electron chi connectivity index (χ4n) is 7.30. The number of carbonyl (C=O) groups excluding carboxylic acids is 2. The molecule has 0 fully saturated rings. The molecule has 0 aliphatic rings. The summed E-state index contributed by atoms with van der Waals surface area (Å²) < 4.78 is 0. The summed E-state index contributed by atoms with van der Waals surface area (Å²) in [5, 5.41) is 25.9. The standard InChI is InChI=1S/C45H55N3O6/c1-4-16-34(30-32-18-8-6-9-19-32)36-22-12-24-38(44(51)52)40(36)42(49)46-26-14-28-48(3)29-15-27-47-43(50)41-37(23-13-25-39(41)45(53)54)35(17-5-2)31-33-20-10-7-11-21-33/h6-13,18-25,34-35H,4-5,14-17,26-31H2,1-3H3,(H,46,49)(H,47,50)(H,51,52)(H,53,54). The van der Waals surface area contributed by atoms with E-state index in [0.717, 1.165) is 47.9 Å². The maximum Gasteiger partial charge on any atom is 0.336 e. The second kappa shape index (κ2) is 21.4. The molecule has 0 spiro atoms. The lowest BCUT2D eigenvalue weighted by Gasteiger charge is -2.22. The van der Waals surface area contributed by atoms with Crippen molar-refractivity contribution in [2.75, 3.05) is 33.2 Å². The Morgan fingerprint density at radius 3 is 1.31 bits per heavy atom. The molecule has 0 saturated carbocycles. The lowest BCUT2D eigenvalue weighted by molar-refractivity contribution is 0.0682. The molecule has 9 nitrogen and oxygen atoms in total. The molecule has 0 aromatic heterocycles. The topological polar surface area (TPSA) is 136 Å². The molecule has 0 radical (unpaired) electrons. The molecule has 4 N–H and O–H groups in total. The number of carboxylic acid groups (broad SMARTS) is 2. The van der Waals surface area contributed by atoms with Crippen LogP contribution in [0.3, 0.4) is 0 Å². The summed E-state index contributed by atoms with van der Waals surface area (Å²) in [6.45, 7) is 6.29. The van der Waals surface area contributed by atoms with Crippen LogP contribution in [0.25, 0.3) is 0 Å². The number of aromatic carboxylic acids is 2. The molecular formula is C45H55N3O6. The molecule has 2 unspecified atom stereocenters. The van der Waals surface area contributed by atoms with E-state index < -0.39 is 11.9 Å². The number of benzene rings is 4. The van der Waals surface area contributed by atoms with Gasteiger partial charge in [-0.05, 0) is 105 Å². The zero-order valence-corrected chi connectivity index (χ0v) is 31.9. The van der Waals surface area contributed by atoms with Gasteiger partial charge in [0.2, 0.25) is 0 Å². The number of hydrogen-bond donors (Lipinski definition) is 4. The minimum Gasteiger partial charge on any atom is -0.478 e. The van der Waals surface area contributed by atoms with E-state index in [2.05, 4.69) is 53.6 Å². The molecule has 4 aromatic rings. The molecular weight excluding hydrogens is 679 g/mol. The average Bonchev–Trinajstić information content (AvgIpc) is 3.17. The first-order valence-electron chi connectivity index (χ1n) is 19.2. The molecule has 54 heavy (non-hydrogen) atoms. The van der Waals surface area contributed by atoms with Gasteiger partial charge in [0.15, 0.2) is 0 Å². The Balaban J connectivity index is 1.31. The molecule has 0 heterocycles. The van der Waals surface area contributed by atoms with Crippen LogP contribution in [0.2, 0.25) is 0 Å².